The number of phenols is 1. The topological polar surface area (TPSA) is 48.9 Å². The zero-order chi connectivity index (χ0) is 12.1. The standard InChI is InChI=1S/C15H10N2O/c18-10-2-4-13-11(7-10)15-12-8-16-6-5-9(12)1-3-14(15)17-13/h1-8,17-18H. The number of phenolic OH excluding ortho intramolecular Hbond substituents is 1. The summed E-state index contributed by atoms with van der Waals surface area (Å²) in [5, 5.41) is 14.1. The molecule has 0 saturated carbocycles. The number of benzene rings is 2. The van der Waals surface area contributed by atoms with Crippen LogP contribution in [0.25, 0.3) is 32.6 Å². The van der Waals surface area contributed by atoms with Gasteiger partial charge in [0.25, 0.3) is 0 Å². The highest BCUT2D eigenvalue weighted by Crippen LogP contribution is 2.33. The van der Waals surface area contributed by atoms with Gasteiger partial charge in [0.2, 0.25) is 0 Å². The van der Waals surface area contributed by atoms with Gasteiger partial charge in [-0.05, 0) is 35.7 Å². The molecule has 0 fully saturated rings. The van der Waals surface area contributed by atoms with Gasteiger partial charge in [0, 0.05) is 39.6 Å². The fourth-order valence-corrected chi connectivity index (χ4v) is 2.55. The molecule has 2 heterocycles. The van der Waals surface area contributed by atoms with Crippen LogP contribution in [-0.4, -0.2) is 15.1 Å². The maximum absolute atomic E-state index is 9.65. The van der Waals surface area contributed by atoms with E-state index in [4.69, 9.17) is 0 Å². The zero-order valence-corrected chi connectivity index (χ0v) is 9.51. The second-order valence-corrected chi connectivity index (χ2v) is 4.44. The lowest BCUT2D eigenvalue weighted by Crippen LogP contribution is -1.76. The van der Waals surface area contributed by atoms with E-state index in [2.05, 4.69) is 22.1 Å². The van der Waals surface area contributed by atoms with Crippen LogP contribution in [0.15, 0.2) is 48.8 Å². The predicted molar refractivity (Wildman–Crippen MR) is 72.8 cm³/mol. The third-order valence-electron chi connectivity index (χ3n) is 3.36. The monoisotopic (exact) mass is 234 g/mol. The number of nitrogens with zero attached hydrogens (tertiary/aromatic N) is 1. The van der Waals surface area contributed by atoms with Gasteiger partial charge in [0.05, 0.1) is 0 Å². The number of fused-ring (bicyclic) bond motifs is 5. The SMILES string of the molecule is Oc1ccc2[nH]c3ccc4ccncc4c3c2c1. The molecule has 0 aliphatic carbocycles. The maximum atomic E-state index is 9.65. The lowest BCUT2D eigenvalue weighted by Gasteiger charge is -1.99. The molecule has 4 rings (SSSR count). The molecule has 0 unspecified atom stereocenters. The maximum Gasteiger partial charge on any atom is 0.116 e. The number of hydrogen-bond acceptors (Lipinski definition) is 2. The van der Waals surface area contributed by atoms with E-state index in [0.29, 0.717) is 0 Å². The van der Waals surface area contributed by atoms with Crippen molar-refractivity contribution in [3.05, 3.63) is 48.8 Å². The van der Waals surface area contributed by atoms with Crippen molar-refractivity contribution in [1.29, 1.82) is 0 Å². The molecule has 4 aromatic rings. The number of pyridine rings is 1. The molecular formula is C15H10N2O. The molecule has 18 heavy (non-hydrogen) atoms. The van der Waals surface area contributed by atoms with Crippen molar-refractivity contribution in [3.8, 4) is 5.75 Å². The van der Waals surface area contributed by atoms with Crippen LogP contribution >= 0.6 is 0 Å². The summed E-state index contributed by atoms with van der Waals surface area (Å²) in [5.41, 5.74) is 2.09. The lowest BCUT2D eigenvalue weighted by molar-refractivity contribution is 0.476. The average Bonchev–Trinajstić information content (AvgIpc) is 2.77. The summed E-state index contributed by atoms with van der Waals surface area (Å²) in [5.74, 6) is 0.282. The minimum absolute atomic E-state index is 0.282. The molecule has 2 aromatic carbocycles. The molecule has 86 valence electrons. The first kappa shape index (κ1) is 9.48. The van der Waals surface area contributed by atoms with Crippen LogP contribution in [0.1, 0.15) is 0 Å². The second kappa shape index (κ2) is 3.23. The van der Waals surface area contributed by atoms with Crippen LogP contribution < -0.4 is 0 Å². The van der Waals surface area contributed by atoms with Gasteiger partial charge >= 0.3 is 0 Å². The Hall–Kier alpha value is -2.55. The van der Waals surface area contributed by atoms with Gasteiger partial charge in [-0.1, -0.05) is 6.07 Å². The van der Waals surface area contributed by atoms with Crippen molar-refractivity contribution in [3.63, 3.8) is 0 Å². The molecule has 2 aromatic heterocycles. The van der Waals surface area contributed by atoms with Crippen molar-refractivity contribution >= 4 is 32.6 Å². The molecule has 0 atom stereocenters. The Morgan fingerprint density at radius 3 is 2.78 bits per heavy atom. The predicted octanol–water partition coefficient (Wildman–Crippen LogP) is 3.57. The van der Waals surface area contributed by atoms with Crippen LogP contribution in [-0.2, 0) is 0 Å². The fourth-order valence-electron chi connectivity index (χ4n) is 2.55. The number of aromatic hydroxyl groups is 1. The van der Waals surface area contributed by atoms with Crippen LogP contribution in [0.4, 0.5) is 0 Å². The molecule has 2 N–H and O–H groups in total. The van der Waals surface area contributed by atoms with Gasteiger partial charge < -0.3 is 10.1 Å². The van der Waals surface area contributed by atoms with E-state index in [1.165, 1.54) is 0 Å². The molecule has 3 nitrogen and oxygen atoms in total. The highest BCUT2D eigenvalue weighted by molar-refractivity contribution is 6.20. The Bertz CT molecular complexity index is 893. The highest BCUT2D eigenvalue weighted by Gasteiger charge is 2.08. The van der Waals surface area contributed by atoms with Gasteiger partial charge in [-0.3, -0.25) is 4.98 Å². The second-order valence-electron chi connectivity index (χ2n) is 4.44. The number of aromatic nitrogens is 2. The summed E-state index contributed by atoms with van der Waals surface area (Å²) in [6.07, 6.45) is 3.66. The summed E-state index contributed by atoms with van der Waals surface area (Å²) >= 11 is 0. The molecule has 0 bridgehead atoms. The number of rotatable bonds is 0. The van der Waals surface area contributed by atoms with E-state index < -0.39 is 0 Å². The number of nitrogens with one attached hydrogen (secondary N) is 1. The van der Waals surface area contributed by atoms with E-state index >= 15 is 0 Å². The third kappa shape index (κ3) is 1.16. The van der Waals surface area contributed by atoms with Gasteiger partial charge in [-0.25, -0.2) is 0 Å². The van der Waals surface area contributed by atoms with Crippen molar-refractivity contribution in [1.82, 2.24) is 9.97 Å². The normalized spacial score (nSPS) is 11.6. The molecule has 0 saturated heterocycles. The average molecular weight is 234 g/mol. The minimum Gasteiger partial charge on any atom is -0.508 e. The molecule has 0 aliphatic heterocycles. The van der Waals surface area contributed by atoms with Crippen molar-refractivity contribution in [2.24, 2.45) is 0 Å². The van der Waals surface area contributed by atoms with Crippen LogP contribution in [0.3, 0.4) is 0 Å². The van der Waals surface area contributed by atoms with Crippen LogP contribution in [0, 0.1) is 0 Å². The number of H-pyrrole nitrogens is 1. The first-order valence-corrected chi connectivity index (χ1v) is 5.80. The van der Waals surface area contributed by atoms with E-state index in [-0.39, 0.29) is 5.75 Å². The molecule has 3 heteroatoms. The number of hydrogen-bond donors (Lipinski definition) is 2. The molecule has 0 radical (unpaired) electrons. The minimum atomic E-state index is 0.282. The van der Waals surface area contributed by atoms with Crippen molar-refractivity contribution < 1.29 is 5.11 Å². The summed E-state index contributed by atoms with van der Waals surface area (Å²) in [6.45, 7) is 0. The first-order chi connectivity index (χ1) is 8.83. The Kier molecular flexibility index (Phi) is 1.70. The van der Waals surface area contributed by atoms with Gasteiger partial charge in [0.1, 0.15) is 5.75 Å². The quantitative estimate of drug-likeness (QED) is 0.488. The van der Waals surface area contributed by atoms with Crippen LogP contribution in [0.2, 0.25) is 0 Å². The Morgan fingerprint density at radius 1 is 0.944 bits per heavy atom. The van der Waals surface area contributed by atoms with E-state index in [1.54, 1.807) is 18.3 Å². The fraction of sp³-hybridized carbons (Fsp3) is 0. The zero-order valence-electron chi connectivity index (χ0n) is 9.51. The summed E-state index contributed by atoms with van der Waals surface area (Å²) in [6, 6.07) is 11.5. The highest BCUT2D eigenvalue weighted by atomic mass is 16.3. The summed E-state index contributed by atoms with van der Waals surface area (Å²) in [7, 11) is 0. The van der Waals surface area contributed by atoms with Gasteiger partial charge in [-0.2, -0.15) is 0 Å². The Labute approximate surface area is 103 Å². The first-order valence-electron chi connectivity index (χ1n) is 5.80. The lowest BCUT2D eigenvalue weighted by atomic mass is 10.1. The molecule has 0 amide bonds. The van der Waals surface area contributed by atoms with Crippen molar-refractivity contribution in [2.75, 3.05) is 0 Å². The molecule has 0 spiro atoms. The smallest absolute Gasteiger partial charge is 0.116 e. The number of aromatic amines is 1. The van der Waals surface area contributed by atoms with Gasteiger partial charge in [-0.15, -0.1) is 0 Å². The molecule has 0 aliphatic rings. The third-order valence-corrected chi connectivity index (χ3v) is 3.36. The van der Waals surface area contributed by atoms with Crippen molar-refractivity contribution in [2.45, 2.75) is 0 Å². The van der Waals surface area contributed by atoms with Gasteiger partial charge in [0.15, 0.2) is 0 Å². The van der Waals surface area contributed by atoms with E-state index in [9.17, 15) is 5.11 Å². The Morgan fingerprint density at radius 2 is 1.83 bits per heavy atom. The van der Waals surface area contributed by atoms with Crippen LogP contribution in [0.5, 0.6) is 5.75 Å². The molecular weight excluding hydrogens is 224 g/mol. The largest absolute Gasteiger partial charge is 0.508 e. The van der Waals surface area contributed by atoms with E-state index in [0.717, 1.165) is 32.6 Å². The Balaban J connectivity index is 2.35. The van der Waals surface area contributed by atoms with E-state index in [1.807, 2.05) is 18.3 Å². The summed E-state index contributed by atoms with van der Waals surface area (Å²) in [4.78, 5) is 7.55. The summed E-state index contributed by atoms with van der Waals surface area (Å²) < 4.78 is 0.